The second-order valence-electron chi connectivity index (χ2n) is 5.45. The van der Waals surface area contributed by atoms with Crippen LogP contribution in [0.1, 0.15) is 32.0 Å². The van der Waals surface area contributed by atoms with E-state index in [1.54, 1.807) is 6.33 Å². The molecule has 1 aromatic heterocycles. The van der Waals surface area contributed by atoms with Crippen LogP contribution in [0.25, 0.3) is 0 Å². The number of aromatic nitrogens is 3. The molecule has 0 radical (unpaired) electrons. The Hall–Kier alpha value is -0.940. The molecule has 5 nitrogen and oxygen atoms in total. The number of hydrogen-bond donors (Lipinski definition) is 1. The first-order chi connectivity index (χ1) is 8.24. The van der Waals surface area contributed by atoms with Gasteiger partial charge in [0.1, 0.15) is 12.2 Å². The van der Waals surface area contributed by atoms with E-state index in [4.69, 9.17) is 0 Å². The first-order valence-corrected chi connectivity index (χ1v) is 6.56. The van der Waals surface area contributed by atoms with Crippen LogP contribution in [0.4, 0.5) is 0 Å². The van der Waals surface area contributed by atoms with Crippen LogP contribution in [0.5, 0.6) is 0 Å². The summed E-state index contributed by atoms with van der Waals surface area (Å²) in [6.45, 7) is 4.37. The number of aryl methyl sites for hydroxylation is 1. The first-order valence-electron chi connectivity index (χ1n) is 6.56. The summed E-state index contributed by atoms with van der Waals surface area (Å²) in [5.41, 5.74) is 0. The lowest BCUT2D eigenvalue weighted by atomic mass is 10.2. The SMILES string of the molecule is CC1CC(NCc2nncn2C)CN1C1CC1. The van der Waals surface area contributed by atoms with E-state index in [9.17, 15) is 0 Å². The molecule has 1 saturated heterocycles. The van der Waals surface area contributed by atoms with Gasteiger partial charge >= 0.3 is 0 Å². The van der Waals surface area contributed by atoms with E-state index in [2.05, 4.69) is 27.3 Å². The van der Waals surface area contributed by atoms with E-state index in [1.807, 2.05) is 11.6 Å². The van der Waals surface area contributed by atoms with E-state index in [1.165, 1.54) is 25.8 Å². The van der Waals surface area contributed by atoms with Gasteiger partial charge < -0.3 is 9.88 Å². The number of likely N-dealkylation sites (tertiary alicyclic amines) is 1. The van der Waals surface area contributed by atoms with Crippen molar-refractivity contribution in [3.63, 3.8) is 0 Å². The quantitative estimate of drug-likeness (QED) is 0.827. The van der Waals surface area contributed by atoms with Gasteiger partial charge in [0, 0.05) is 31.7 Å². The van der Waals surface area contributed by atoms with Gasteiger partial charge in [-0.1, -0.05) is 0 Å². The lowest BCUT2D eigenvalue weighted by molar-refractivity contribution is 0.255. The second-order valence-corrected chi connectivity index (χ2v) is 5.45. The summed E-state index contributed by atoms with van der Waals surface area (Å²) in [4.78, 5) is 2.66. The van der Waals surface area contributed by atoms with Crippen molar-refractivity contribution in [1.82, 2.24) is 25.0 Å². The smallest absolute Gasteiger partial charge is 0.146 e. The van der Waals surface area contributed by atoms with E-state index in [0.717, 1.165) is 24.5 Å². The number of rotatable bonds is 4. The summed E-state index contributed by atoms with van der Waals surface area (Å²) in [6.07, 6.45) is 5.82. The Morgan fingerprint density at radius 1 is 1.47 bits per heavy atom. The predicted molar refractivity (Wildman–Crippen MR) is 65.4 cm³/mol. The summed E-state index contributed by atoms with van der Waals surface area (Å²) in [5, 5.41) is 11.6. The normalized spacial score (nSPS) is 30.0. The second kappa shape index (κ2) is 4.38. The fourth-order valence-corrected chi connectivity index (χ4v) is 2.82. The van der Waals surface area contributed by atoms with Crippen molar-refractivity contribution in [2.24, 2.45) is 7.05 Å². The summed E-state index contributed by atoms with van der Waals surface area (Å²) in [5.74, 6) is 1.02. The highest BCUT2D eigenvalue weighted by Gasteiger charge is 2.38. The summed E-state index contributed by atoms with van der Waals surface area (Å²) in [6, 6.07) is 2.23. The van der Waals surface area contributed by atoms with Gasteiger partial charge in [-0.3, -0.25) is 4.90 Å². The monoisotopic (exact) mass is 235 g/mol. The molecule has 2 heterocycles. The largest absolute Gasteiger partial charge is 0.320 e. The predicted octanol–water partition coefficient (Wildman–Crippen LogP) is 0.530. The maximum atomic E-state index is 4.10. The Balaban J connectivity index is 1.51. The molecule has 0 bridgehead atoms. The molecular weight excluding hydrogens is 214 g/mol. The standard InChI is InChI=1S/C12H21N5/c1-9-5-10(7-17(9)11-3-4-11)13-6-12-15-14-8-16(12)2/h8-11,13H,3-7H2,1-2H3. The van der Waals surface area contributed by atoms with Crippen molar-refractivity contribution in [2.45, 2.75) is 50.9 Å². The Morgan fingerprint density at radius 2 is 2.29 bits per heavy atom. The fraction of sp³-hybridized carbons (Fsp3) is 0.833. The molecule has 94 valence electrons. The molecule has 2 aliphatic rings. The van der Waals surface area contributed by atoms with Crippen molar-refractivity contribution in [3.05, 3.63) is 12.2 Å². The van der Waals surface area contributed by atoms with E-state index in [0.29, 0.717) is 6.04 Å². The van der Waals surface area contributed by atoms with Crippen molar-refractivity contribution in [2.75, 3.05) is 6.54 Å². The highest BCUT2D eigenvalue weighted by Crippen LogP contribution is 2.33. The zero-order valence-electron chi connectivity index (χ0n) is 10.6. The lowest BCUT2D eigenvalue weighted by Gasteiger charge is -2.19. The molecular formula is C12H21N5. The third-order valence-electron chi connectivity index (χ3n) is 3.99. The molecule has 2 unspecified atom stereocenters. The van der Waals surface area contributed by atoms with Crippen LogP contribution in [0, 0.1) is 0 Å². The lowest BCUT2D eigenvalue weighted by Crippen LogP contribution is -2.34. The van der Waals surface area contributed by atoms with Gasteiger partial charge in [-0.15, -0.1) is 10.2 Å². The third-order valence-corrected chi connectivity index (χ3v) is 3.99. The molecule has 0 amide bonds. The van der Waals surface area contributed by atoms with Gasteiger partial charge in [0.2, 0.25) is 0 Å². The molecule has 1 aromatic rings. The zero-order valence-corrected chi connectivity index (χ0v) is 10.6. The van der Waals surface area contributed by atoms with Gasteiger partial charge in [0.05, 0.1) is 6.54 Å². The van der Waals surface area contributed by atoms with Crippen LogP contribution in [-0.4, -0.2) is 44.3 Å². The highest BCUT2D eigenvalue weighted by molar-refractivity contribution is 4.96. The van der Waals surface area contributed by atoms with Crippen LogP contribution < -0.4 is 5.32 Å². The van der Waals surface area contributed by atoms with Gasteiger partial charge in [0.15, 0.2) is 0 Å². The van der Waals surface area contributed by atoms with Gasteiger partial charge in [0.25, 0.3) is 0 Å². The average molecular weight is 235 g/mol. The van der Waals surface area contributed by atoms with Gasteiger partial charge in [-0.25, -0.2) is 0 Å². The minimum Gasteiger partial charge on any atom is -0.320 e. The molecule has 3 rings (SSSR count). The number of nitrogens with one attached hydrogen (secondary N) is 1. The number of nitrogens with zero attached hydrogens (tertiary/aromatic N) is 4. The van der Waals surface area contributed by atoms with Crippen LogP contribution in [0.2, 0.25) is 0 Å². The molecule has 1 aliphatic heterocycles. The molecule has 1 aliphatic carbocycles. The highest BCUT2D eigenvalue weighted by atomic mass is 15.3. The van der Waals surface area contributed by atoms with E-state index >= 15 is 0 Å². The molecule has 5 heteroatoms. The van der Waals surface area contributed by atoms with Crippen molar-refractivity contribution in [1.29, 1.82) is 0 Å². The van der Waals surface area contributed by atoms with Crippen LogP contribution in [-0.2, 0) is 13.6 Å². The molecule has 2 atom stereocenters. The molecule has 0 aromatic carbocycles. The fourth-order valence-electron chi connectivity index (χ4n) is 2.82. The van der Waals surface area contributed by atoms with Crippen molar-refractivity contribution >= 4 is 0 Å². The summed E-state index contributed by atoms with van der Waals surface area (Å²) in [7, 11) is 1.99. The summed E-state index contributed by atoms with van der Waals surface area (Å²) >= 11 is 0. The van der Waals surface area contributed by atoms with Crippen LogP contribution in [0.15, 0.2) is 6.33 Å². The van der Waals surface area contributed by atoms with Gasteiger partial charge in [-0.05, 0) is 26.2 Å². The Bertz CT molecular complexity index is 384. The maximum Gasteiger partial charge on any atom is 0.146 e. The van der Waals surface area contributed by atoms with E-state index in [-0.39, 0.29) is 0 Å². The maximum absolute atomic E-state index is 4.10. The number of hydrogen-bond acceptors (Lipinski definition) is 4. The molecule has 2 fully saturated rings. The average Bonchev–Trinajstić information content (AvgIpc) is 2.96. The van der Waals surface area contributed by atoms with Crippen molar-refractivity contribution in [3.8, 4) is 0 Å². The minimum atomic E-state index is 0.613. The Labute approximate surface area is 102 Å². The van der Waals surface area contributed by atoms with E-state index < -0.39 is 0 Å². The van der Waals surface area contributed by atoms with Crippen LogP contribution >= 0.6 is 0 Å². The Morgan fingerprint density at radius 3 is 2.94 bits per heavy atom. The molecule has 0 spiro atoms. The molecule has 1 saturated carbocycles. The summed E-state index contributed by atoms with van der Waals surface area (Å²) < 4.78 is 1.98. The minimum absolute atomic E-state index is 0.613. The first kappa shape index (κ1) is 11.2. The van der Waals surface area contributed by atoms with Gasteiger partial charge in [-0.2, -0.15) is 0 Å². The topological polar surface area (TPSA) is 46.0 Å². The van der Waals surface area contributed by atoms with Crippen molar-refractivity contribution < 1.29 is 0 Å². The molecule has 1 N–H and O–H groups in total. The molecule has 17 heavy (non-hydrogen) atoms. The zero-order chi connectivity index (χ0) is 11.8. The Kier molecular flexibility index (Phi) is 2.88. The van der Waals surface area contributed by atoms with Crippen LogP contribution in [0.3, 0.4) is 0 Å². The third kappa shape index (κ3) is 2.35.